The quantitative estimate of drug-likeness (QED) is 0.555. The number of rotatable bonds is 5. The van der Waals surface area contributed by atoms with Crippen LogP contribution in [-0.2, 0) is 20.7 Å². The van der Waals surface area contributed by atoms with E-state index in [1.807, 2.05) is 47.6 Å². The average Bonchev–Trinajstić information content (AvgIpc) is 2.89. The molecule has 7 nitrogen and oxygen atoms in total. The number of carbonyl (C=O) groups is 2. The van der Waals surface area contributed by atoms with E-state index in [9.17, 15) is 8.76 Å². The molecule has 1 unspecified atom stereocenters. The Morgan fingerprint density at radius 1 is 0.912 bits per heavy atom. The summed E-state index contributed by atoms with van der Waals surface area (Å²) in [6.45, 7) is 10.3. The summed E-state index contributed by atoms with van der Waals surface area (Å²) in [6, 6.07) is 15.7. The Balaban J connectivity index is 0. The van der Waals surface area contributed by atoms with Gasteiger partial charge in [-0.3, -0.25) is 4.21 Å². The summed E-state index contributed by atoms with van der Waals surface area (Å²) in [5.74, 6) is 0.836. The summed E-state index contributed by atoms with van der Waals surface area (Å²) in [6.07, 6.45) is 5.04. The fourth-order valence-electron chi connectivity index (χ4n) is 3.52. The molecule has 1 atom stereocenters. The minimum absolute atomic E-state index is 0.298. The van der Waals surface area contributed by atoms with Gasteiger partial charge in [0.1, 0.15) is 13.6 Å². The molecule has 0 saturated heterocycles. The van der Waals surface area contributed by atoms with Crippen LogP contribution >= 0.6 is 0 Å². The molecule has 0 heterocycles. The topological polar surface area (TPSA) is 102 Å². The first-order chi connectivity index (χ1) is 16.5. The van der Waals surface area contributed by atoms with Gasteiger partial charge in [0, 0.05) is 23.7 Å². The van der Waals surface area contributed by atoms with Crippen LogP contribution in [0, 0.1) is 5.92 Å². The number of benzene rings is 2. The highest BCUT2D eigenvalue weighted by Crippen LogP contribution is 2.34. The highest BCUT2D eigenvalue weighted by atomic mass is 32.2. The maximum atomic E-state index is 11.0. The molecule has 2 N–H and O–H groups in total. The van der Waals surface area contributed by atoms with E-state index in [2.05, 4.69) is 47.7 Å². The van der Waals surface area contributed by atoms with Crippen molar-refractivity contribution in [1.82, 2.24) is 5.32 Å². The number of para-hydroxylation sites is 2. The van der Waals surface area contributed by atoms with Crippen molar-refractivity contribution >= 4 is 41.7 Å². The number of anilines is 3. The summed E-state index contributed by atoms with van der Waals surface area (Å²) >= 11 is -2.19. The maximum Gasteiger partial charge on any atom is 0.106 e. The lowest BCUT2D eigenvalue weighted by molar-refractivity contribution is -0.0987. The third-order valence-corrected chi connectivity index (χ3v) is 5.80. The highest BCUT2D eigenvalue weighted by Gasteiger charge is 2.23. The van der Waals surface area contributed by atoms with E-state index in [0.717, 1.165) is 17.3 Å². The predicted octanol–water partition coefficient (Wildman–Crippen LogP) is 5.18. The Bertz CT molecular complexity index is 780. The lowest BCUT2D eigenvalue weighted by Crippen LogP contribution is -2.35. The number of hydrogen-bond acceptors (Lipinski definition) is 7. The standard InChI is InChI=1S/C20H26N2O2S.C2H7N.C2H6.2CH2O/c1-15-7-11-17(12-8-15)22(2)20-6-4-3-5-19(20)21-16-9-13-18(14-10-16)25(23)24;1-3-2;3*1-2/h3-6,9-10,13-15,17,21H,7-8,11-12H2,1-2H3,(H,23,24);3H,1-2H3;1-2H3;2*1H2/p-1. The summed E-state index contributed by atoms with van der Waals surface area (Å²) in [7, 11) is 5.92. The molecule has 1 aliphatic rings. The van der Waals surface area contributed by atoms with E-state index in [0.29, 0.717) is 10.9 Å². The fourth-order valence-corrected chi connectivity index (χ4v) is 3.88. The summed E-state index contributed by atoms with van der Waals surface area (Å²) < 4.78 is 22.0. The van der Waals surface area contributed by atoms with Gasteiger partial charge in [0.05, 0.1) is 11.4 Å². The second kappa shape index (κ2) is 21.0. The molecule has 0 spiro atoms. The van der Waals surface area contributed by atoms with Crippen molar-refractivity contribution in [3.8, 4) is 0 Å². The van der Waals surface area contributed by atoms with Crippen molar-refractivity contribution in [3.63, 3.8) is 0 Å². The first-order valence-electron chi connectivity index (χ1n) is 11.4. The molecule has 2 aromatic rings. The van der Waals surface area contributed by atoms with E-state index in [4.69, 9.17) is 9.59 Å². The maximum absolute atomic E-state index is 11.0. The van der Waals surface area contributed by atoms with Crippen LogP contribution in [0.2, 0.25) is 0 Å². The zero-order valence-electron chi connectivity index (χ0n) is 21.5. The highest BCUT2D eigenvalue weighted by molar-refractivity contribution is 7.79. The Kier molecular flexibility index (Phi) is 20.8. The molecule has 192 valence electrons. The molecule has 0 aromatic heterocycles. The van der Waals surface area contributed by atoms with Crippen molar-refractivity contribution in [2.45, 2.75) is 57.4 Å². The smallest absolute Gasteiger partial charge is 0.106 e. The predicted molar refractivity (Wildman–Crippen MR) is 144 cm³/mol. The van der Waals surface area contributed by atoms with Crippen molar-refractivity contribution in [1.29, 1.82) is 0 Å². The second-order valence-corrected chi connectivity index (χ2v) is 8.37. The SMILES string of the molecule is C=O.C=O.CC.CC1CCC(N(C)c2ccccc2Nc2ccc(S(=O)[O-])cc2)CC1.CNC. The number of nitrogens with one attached hydrogen (secondary N) is 2. The Morgan fingerprint density at radius 3 is 1.85 bits per heavy atom. The van der Waals surface area contributed by atoms with Gasteiger partial charge in [0.2, 0.25) is 0 Å². The van der Waals surface area contributed by atoms with Crippen LogP contribution in [0.4, 0.5) is 17.1 Å². The molecule has 3 rings (SSSR count). The number of carbonyl (C=O) groups excluding carboxylic acids is 2. The van der Waals surface area contributed by atoms with Gasteiger partial charge >= 0.3 is 0 Å². The van der Waals surface area contributed by atoms with Crippen LogP contribution in [0.1, 0.15) is 46.5 Å². The summed E-state index contributed by atoms with van der Waals surface area (Å²) in [4.78, 5) is 18.7. The minimum Gasteiger partial charge on any atom is -0.768 e. The van der Waals surface area contributed by atoms with E-state index in [1.54, 1.807) is 24.3 Å². The third-order valence-electron chi connectivity index (χ3n) is 5.14. The van der Waals surface area contributed by atoms with Gasteiger partial charge in [-0.1, -0.05) is 32.9 Å². The van der Waals surface area contributed by atoms with Crippen LogP contribution in [0.25, 0.3) is 0 Å². The van der Waals surface area contributed by atoms with Crippen LogP contribution in [0.5, 0.6) is 0 Å². The number of nitrogens with zero attached hydrogens (tertiary/aromatic N) is 1. The molecule has 34 heavy (non-hydrogen) atoms. The zero-order valence-corrected chi connectivity index (χ0v) is 22.3. The van der Waals surface area contributed by atoms with Gasteiger partial charge in [-0.2, -0.15) is 0 Å². The molecule has 0 aliphatic heterocycles. The van der Waals surface area contributed by atoms with Gasteiger partial charge in [-0.05, 0) is 93.2 Å². The van der Waals surface area contributed by atoms with E-state index in [-0.39, 0.29) is 0 Å². The van der Waals surface area contributed by atoms with Crippen molar-refractivity contribution in [2.24, 2.45) is 5.92 Å². The molecule has 1 saturated carbocycles. The summed E-state index contributed by atoms with van der Waals surface area (Å²) in [5, 5.41) is 6.17. The van der Waals surface area contributed by atoms with E-state index >= 15 is 0 Å². The van der Waals surface area contributed by atoms with Crippen molar-refractivity contribution in [3.05, 3.63) is 48.5 Å². The summed E-state index contributed by atoms with van der Waals surface area (Å²) in [5.41, 5.74) is 3.10. The molecular weight excluding hydrogens is 450 g/mol. The van der Waals surface area contributed by atoms with Gasteiger partial charge in [0.15, 0.2) is 0 Å². The molecule has 1 fully saturated rings. The van der Waals surface area contributed by atoms with Crippen LogP contribution in [0.3, 0.4) is 0 Å². The molecule has 0 bridgehead atoms. The Hall–Kier alpha value is -2.55. The lowest BCUT2D eigenvalue weighted by atomic mass is 9.86. The monoisotopic (exact) mass is 492 g/mol. The van der Waals surface area contributed by atoms with Gasteiger partial charge in [-0.15, -0.1) is 0 Å². The normalized spacial score (nSPS) is 16.8. The molecule has 2 aromatic carbocycles. The Labute approximate surface area is 208 Å². The van der Waals surface area contributed by atoms with Gasteiger partial charge < -0.3 is 29.7 Å². The second-order valence-electron chi connectivity index (χ2n) is 7.43. The third kappa shape index (κ3) is 12.1. The molecule has 0 radical (unpaired) electrons. The van der Waals surface area contributed by atoms with Gasteiger partial charge in [0.25, 0.3) is 0 Å². The van der Waals surface area contributed by atoms with Crippen LogP contribution < -0.4 is 15.5 Å². The van der Waals surface area contributed by atoms with E-state index < -0.39 is 11.1 Å². The van der Waals surface area contributed by atoms with Crippen LogP contribution in [-0.4, -0.2) is 49.5 Å². The van der Waals surface area contributed by atoms with E-state index in [1.165, 1.54) is 31.4 Å². The first kappa shape index (κ1) is 33.6. The average molecular weight is 493 g/mol. The minimum atomic E-state index is -2.19. The largest absolute Gasteiger partial charge is 0.768 e. The van der Waals surface area contributed by atoms with Gasteiger partial charge in [-0.25, -0.2) is 0 Å². The fraction of sp³-hybridized carbons (Fsp3) is 0.462. The molecule has 1 aliphatic carbocycles. The molecule has 8 heteroatoms. The van der Waals surface area contributed by atoms with Crippen molar-refractivity contribution < 1.29 is 18.4 Å². The van der Waals surface area contributed by atoms with Crippen LogP contribution in [0.15, 0.2) is 53.4 Å². The zero-order chi connectivity index (χ0) is 26.5. The first-order valence-corrected chi connectivity index (χ1v) is 12.5. The lowest BCUT2D eigenvalue weighted by Gasteiger charge is -2.36. The molecule has 0 amide bonds. The van der Waals surface area contributed by atoms with Crippen molar-refractivity contribution in [2.75, 3.05) is 31.4 Å². The number of hydrogen-bond donors (Lipinski definition) is 2. The molecular formula is C26H42N3O4S-. The Morgan fingerprint density at radius 2 is 1.38 bits per heavy atom.